The summed E-state index contributed by atoms with van der Waals surface area (Å²) in [4.78, 5) is 14.5. The summed E-state index contributed by atoms with van der Waals surface area (Å²) >= 11 is 8.27. The van der Waals surface area contributed by atoms with E-state index in [0.29, 0.717) is 30.1 Å². The van der Waals surface area contributed by atoms with Crippen molar-refractivity contribution in [2.24, 2.45) is 5.92 Å². The number of fused-ring (bicyclic) bond motifs is 1. The van der Waals surface area contributed by atoms with Gasteiger partial charge in [-0.2, -0.15) is 0 Å². The summed E-state index contributed by atoms with van der Waals surface area (Å²) < 4.78 is 0.950. The van der Waals surface area contributed by atoms with Gasteiger partial charge in [0, 0.05) is 28.1 Å². The highest BCUT2D eigenvalue weighted by Crippen LogP contribution is 2.40. The van der Waals surface area contributed by atoms with Crippen LogP contribution in [0.4, 0.5) is 0 Å². The fraction of sp³-hybridized carbons (Fsp3) is 0.562. The lowest BCUT2D eigenvalue weighted by Crippen LogP contribution is -2.54. The molecule has 1 heterocycles. The largest absolute Gasteiger partial charge is 0.389 e. The van der Waals surface area contributed by atoms with Crippen molar-refractivity contribution >= 4 is 40.1 Å². The maximum absolute atomic E-state index is 12.6. The van der Waals surface area contributed by atoms with Crippen LogP contribution in [0.1, 0.15) is 42.5 Å². The van der Waals surface area contributed by atoms with Gasteiger partial charge in [-0.15, -0.1) is 0 Å². The molecular weight excluding hydrogens is 401 g/mol. The van der Waals surface area contributed by atoms with Crippen LogP contribution in [0.2, 0.25) is 5.02 Å². The highest BCUT2D eigenvalue weighted by molar-refractivity contribution is 14.1. The first-order valence-corrected chi connectivity index (χ1v) is 8.92. The van der Waals surface area contributed by atoms with E-state index in [1.54, 1.807) is 6.07 Å². The van der Waals surface area contributed by atoms with Crippen LogP contribution in [-0.4, -0.2) is 34.6 Å². The van der Waals surface area contributed by atoms with Crippen molar-refractivity contribution < 1.29 is 9.90 Å². The molecule has 1 saturated heterocycles. The molecule has 2 atom stereocenters. The first-order chi connectivity index (χ1) is 9.99. The van der Waals surface area contributed by atoms with E-state index in [-0.39, 0.29) is 11.8 Å². The summed E-state index contributed by atoms with van der Waals surface area (Å²) in [5.41, 5.74) is 0.0975. The van der Waals surface area contributed by atoms with Gasteiger partial charge in [-0.3, -0.25) is 4.79 Å². The second-order valence-electron chi connectivity index (χ2n) is 6.18. The molecule has 1 saturated carbocycles. The average molecular weight is 420 g/mol. The first-order valence-electron chi connectivity index (χ1n) is 7.46. The van der Waals surface area contributed by atoms with Gasteiger partial charge in [-0.1, -0.05) is 24.4 Å². The van der Waals surface area contributed by atoms with E-state index >= 15 is 0 Å². The van der Waals surface area contributed by atoms with E-state index in [2.05, 4.69) is 22.6 Å². The number of hydrogen-bond donors (Lipinski definition) is 1. The Labute approximate surface area is 143 Å². The summed E-state index contributed by atoms with van der Waals surface area (Å²) in [6, 6.07) is 5.45. The zero-order valence-corrected chi connectivity index (χ0v) is 14.7. The molecule has 5 heteroatoms. The maximum atomic E-state index is 12.6. The van der Waals surface area contributed by atoms with Gasteiger partial charge in [0.25, 0.3) is 5.91 Å². The molecule has 2 aliphatic rings. The third kappa shape index (κ3) is 3.08. The zero-order chi connectivity index (χ0) is 15.0. The van der Waals surface area contributed by atoms with Crippen molar-refractivity contribution in [2.45, 2.75) is 37.7 Å². The number of carbonyl (C=O) groups excluding carboxylic acids is 1. The van der Waals surface area contributed by atoms with Crippen molar-refractivity contribution in [1.82, 2.24) is 4.90 Å². The number of nitrogens with zero attached hydrogens (tertiary/aromatic N) is 1. The molecule has 1 aromatic carbocycles. The minimum Gasteiger partial charge on any atom is -0.389 e. The van der Waals surface area contributed by atoms with Crippen molar-refractivity contribution in [3.63, 3.8) is 0 Å². The second-order valence-corrected chi connectivity index (χ2v) is 7.75. The Balaban J connectivity index is 1.75. The predicted octanol–water partition coefficient (Wildman–Crippen LogP) is 3.71. The average Bonchev–Trinajstić information content (AvgIpc) is 2.48. The molecule has 1 amide bonds. The molecule has 2 unspecified atom stereocenters. The van der Waals surface area contributed by atoms with Crippen LogP contribution in [0.3, 0.4) is 0 Å². The molecule has 3 rings (SSSR count). The number of benzene rings is 1. The lowest BCUT2D eigenvalue weighted by Gasteiger charge is -2.47. The topological polar surface area (TPSA) is 40.5 Å². The Morgan fingerprint density at radius 1 is 1.38 bits per heavy atom. The molecule has 114 valence electrons. The first kappa shape index (κ1) is 15.6. The summed E-state index contributed by atoms with van der Waals surface area (Å²) in [7, 11) is 0. The molecular formula is C16H19ClINO2. The quantitative estimate of drug-likeness (QED) is 0.705. The molecule has 1 aliphatic carbocycles. The monoisotopic (exact) mass is 419 g/mol. The van der Waals surface area contributed by atoms with E-state index < -0.39 is 5.60 Å². The van der Waals surface area contributed by atoms with Crippen LogP contribution >= 0.6 is 34.2 Å². The second kappa shape index (κ2) is 6.05. The molecule has 1 aromatic rings. The summed E-state index contributed by atoms with van der Waals surface area (Å²) in [5.74, 6) is 0.254. The third-order valence-electron chi connectivity index (χ3n) is 4.88. The van der Waals surface area contributed by atoms with Crippen LogP contribution in [0, 0.1) is 9.49 Å². The Morgan fingerprint density at radius 3 is 2.95 bits per heavy atom. The number of likely N-dealkylation sites (tertiary alicyclic amines) is 1. The van der Waals surface area contributed by atoms with Gasteiger partial charge in [0.05, 0.1) is 10.6 Å². The number of hydrogen-bond acceptors (Lipinski definition) is 2. The van der Waals surface area contributed by atoms with Crippen LogP contribution in [0.15, 0.2) is 18.2 Å². The smallest absolute Gasteiger partial charge is 0.253 e. The highest BCUT2D eigenvalue weighted by Gasteiger charge is 2.43. The minimum absolute atomic E-state index is 0.0286. The molecule has 0 bridgehead atoms. The number of piperidine rings is 1. The normalized spacial score (nSPS) is 29.1. The van der Waals surface area contributed by atoms with E-state index in [1.807, 2.05) is 17.0 Å². The van der Waals surface area contributed by atoms with Crippen molar-refractivity contribution in [3.8, 4) is 0 Å². The van der Waals surface area contributed by atoms with Crippen LogP contribution in [-0.2, 0) is 0 Å². The van der Waals surface area contributed by atoms with Crippen molar-refractivity contribution in [2.75, 3.05) is 13.1 Å². The van der Waals surface area contributed by atoms with Crippen LogP contribution in [0.5, 0.6) is 0 Å². The molecule has 2 fully saturated rings. The Hall–Kier alpha value is -0.330. The number of aliphatic hydroxyl groups is 1. The van der Waals surface area contributed by atoms with E-state index in [1.165, 1.54) is 0 Å². The molecule has 3 nitrogen and oxygen atoms in total. The molecule has 0 aromatic heterocycles. The van der Waals surface area contributed by atoms with Gasteiger partial charge in [0.1, 0.15) is 0 Å². The van der Waals surface area contributed by atoms with Gasteiger partial charge in [-0.25, -0.2) is 0 Å². The summed E-state index contributed by atoms with van der Waals surface area (Å²) in [6.45, 7) is 1.30. The fourth-order valence-corrected chi connectivity index (χ4v) is 4.08. The molecule has 0 radical (unpaired) electrons. The van der Waals surface area contributed by atoms with Gasteiger partial charge in [0.2, 0.25) is 0 Å². The number of amides is 1. The SMILES string of the molecule is O=C(c1ccc(I)c(Cl)c1)N1CCC2(O)CCCCC2C1. The zero-order valence-electron chi connectivity index (χ0n) is 11.8. The van der Waals surface area contributed by atoms with E-state index in [9.17, 15) is 9.90 Å². The Morgan fingerprint density at radius 2 is 2.19 bits per heavy atom. The van der Waals surface area contributed by atoms with Gasteiger partial charge in [0.15, 0.2) is 0 Å². The number of rotatable bonds is 1. The Kier molecular flexibility index (Phi) is 4.48. The van der Waals surface area contributed by atoms with Crippen molar-refractivity contribution in [1.29, 1.82) is 0 Å². The molecule has 1 N–H and O–H groups in total. The molecule has 1 aliphatic heterocycles. The summed E-state index contributed by atoms with van der Waals surface area (Å²) in [5, 5.41) is 11.3. The standard InChI is InChI=1S/C16H19ClINO2/c17-13-9-11(4-5-14(13)18)15(20)19-8-7-16(21)6-2-1-3-12(16)10-19/h4-5,9,12,21H,1-3,6-8,10H2. The Bertz CT molecular complexity index is 565. The lowest BCUT2D eigenvalue weighted by atomic mass is 9.71. The van der Waals surface area contributed by atoms with Gasteiger partial charge in [-0.05, 0) is 60.1 Å². The maximum Gasteiger partial charge on any atom is 0.253 e. The van der Waals surface area contributed by atoms with Gasteiger partial charge < -0.3 is 10.0 Å². The van der Waals surface area contributed by atoms with E-state index in [4.69, 9.17) is 11.6 Å². The molecule has 0 spiro atoms. The molecule has 21 heavy (non-hydrogen) atoms. The van der Waals surface area contributed by atoms with Crippen LogP contribution in [0.25, 0.3) is 0 Å². The predicted molar refractivity (Wildman–Crippen MR) is 91.6 cm³/mol. The van der Waals surface area contributed by atoms with E-state index in [0.717, 1.165) is 29.3 Å². The number of halogens is 2. The lowest BCUT2D eigenvalue weighted by molar-refractivity contribution is -0.0886. The van der Waals surface area contributed by atoms with Crippen molar-refractivity contribution in [3.05, 3.63) is 32.4 Å². The third-order valence-corrected chi connectivity index (χ3v) is 6.45. The van der Waals surface area contributed by atoms with Crippen LogP contribution < -0.4 is 0 Å². The highest BCUT2D eigenvalue weighted by atomic mass is 127. The summed E-state index contributed by atoms with van der Waals surface area (Å²) in [6.07, 6.45) is 4.86. The minimum atomic E-state index is -0.543. The number of carbonyl (C=O) groups is 1. The van der Waals surface area contributed by atoms with Gasteiger partial charge >= 0.3 is 0 Å². The fourth-order valence-electron chi connectivity index (χ4n) is 3.57.